The van der Waals surface area contributed by atoms with Gasteiger partial charge in [-0.1, -0.05) is 30.3 Å². The molecule has 4 heteroatoms. The van der Waals surface area contributed by atoms with Gasteiger partial charge in [0.15, 0.2) is 5.82 Å². The number of benzene rings is 2. The molecule has 2 aromatic heterocycles. The predicted octanol–water partition coefficient (Wildman–Crippen LogP) is 4.57. The maximum Gasteiger partial charge on any atom is 0.230 e. The summed E-state index contributed by atoms with van der Waals surface area (Å²) in [6.07, 6.45) is 1.79. The van der Waals surface area contributed by atoms with Gasteiger partial charge in [-0.2, -0.15) is 4.98 Å². The van der Waals surface area contributed by atoms with Crippen LogP contribution in [0.1, 0.15) is 0 Å². The average molecular weight is 302 g/mol. The molecule has 0 saturated carbocycles. The van der Waals surface area contributed by atoms with Gasteiger partial charge in [-0.25, -0.2) is 4.98 Å². The molecule has 0 radical (unpaired) electrons. The first kappa shape index (κ1) is 13.5. The van der Waals surface area contributed by atoms with Crippen molar-refractivity contribution in [1.82, 2.24) is 9.97 Å². The van der Waals surface area contributed by atoms with Crippen LogP contribution in [0.4, 0.5) is 0 Å². The number of furan rings is 1. The van der Waals surface area contributed by atoms with Gasteiger partial charge in [-0.15, -0.1) is 0 Å². The number of ether oxygens (including phenoxy) is 1. The number of hydrogen-bond acceptors (Lipinski definition) is 4. The summed E-state index contributed by atoms with van der Waals surface area (Å²) in [6, 6.07) is 19.6. The van der Waals surface area contributed by atoms with Crippen molar-refractivity contribution in [1.29, 1.82) is 0 Å². The van der Waals surface area contributed by atoms with Crippen LogP contribution in [-0.4, -0.2) is 17.1 Å². The fraction of sp³-hybridized carbons (Fsp3) is 0.0526. The third kappa shape index (κ3) is 2.55. The van der Waals surface area contributed by atoms with E-state index in [4.69, 9.17) is 9.15 Å². The fourth-order valence-electron chi connectivity index (χ4n) is 2.45. The number of fused-ring (bicyclic) bond motifs is 1. The molecule has 0 aliphatic rings. The number of methoxy groups -OCH3 is 1. The molecular weight excluding hydrogens is 288 g/mol. The molecule has 0 saturated heterocycles. The van der Waals surface area contributed by atoms with Crippen molar-refractivity contribution >= 4 is 11.1 Å². The molecule has 0 unspecified atom stereocenters. The standard InChI is InChI=1S/C19H14N2O2/c1-22-16-9-7-14(8-10-16)18-20-12-15-11-17(23-19(15)21-18)13-5-3-2-4-6-13/h2-12H,1H3. The highest BCUT2D eigenvalue weighted by atomic mass is 16.5. The van der Waals surface area contributed by atoms with Gasteiger partial charge < -0.3 is 9.15 Å². The van der Waals surface area contributed by atoms with Gasteiger partial charge in [-0.3, -0.25) is 0 Å². The Balaban J connectivity index is 1.75. The Morgan fingerprint density at radius 2 is 1.70 bits per heavy atom. The molecule has 0 N–H and O–H groups in total. The minimum Gasteiger partial charge on any atom is -0.497 e. The second-order valence-electron chi connectivity index (χ2n) is 5.16. The Kier molecular flexibility index (Phi) is 3.27. The lowest BCUT2D eigenvalue weighted by molar-refractivity contribution is 0.415. The molecule has 4 rings (SSSR count). The molecule has 2 heterocycles. The van der Waals surface area contributed by atoms with Crippen LogP contribution in [0.5, 0.6) is 5.75 Å². The van der Waals surface area contributed by atoms with E-state index >= 15 is 0 Å². The van der Waals surface area contributed by atoms with Gasteiger partial charge in [0.25, 0.3) is 0 Å². The molecule has 4 aromatic rings. The van der Waals surface area contributed by atoms with Crippen molar-refractivity contribution in [3.8, 4) is 28.5 Å². The lowest BCUT2D eigenvalue weighted by atomic mass is 10.2. The van der Waals surface area contributed by atoms with E-state index in [0.717, 1.165) is 28.0 Å². The van der Waals surface area contributed by atoms with E-state index in [9.17, 15) is 0 Å². The minimum atomic E-state index is 0.588. The van der Waals surface area contributed by atoms with Gasteiger partial charge in [-0.05, 0) is 30.3 Å². The van der Waals surface area contributed by atoms with Crippen LogP contribution in [0.25, 0.3) is 33.8 Å². The number of aromatic nitrogens is 2. The van der Waals surface area contributed by atoms with E-state index in [1.54, 1.807) is 13.3 Å². The summed E-state index contributed by atoms with van der Waals surface area (Å²) in [5.41, 5.74) is 2.53. The van der Waals surface area contributed by atoms with E-state index in [1.165, 1.54) is 0 Å². The quantitative estimate of drug-likeness (QED) is 0.556. The van der Waals surface area contributed by atoms with Gasteiger partial charge in [0, 0.05) is 17.3 Å². The Morgan fingerprint density at radius 1 is 0.913 bits per heavy atom. The van der Waals surface area contributed by atoms with Gasteiger partial charge >= 0.3 is 0 Å². The first-order chi connectivity index (χ1) is 11.3. The number of hydrogen-bond donors (Lipinski definition) is 0. The van der Waals surface area contributed by atoms with E-state index in [2.05, 4.69) is 9.97 Å². The van der Waals surface area contributed by atoms with Crippen LogP contribution in [0.3, 0.4) is 0 Å². The molecule has 4 nitrogen and oxygen atoms in total. The molecule has 23 heavy (non-hydrogen) atoms. The van der Waals surface area contributed by atoms with Crippen LogP contribution < -0.4 is 4.74 Å². The number of rotatable bonds is 3. The first-order valence-electron chi connectivity index (χ1n) is 7.30. The number of nitrogens with zero attached hydrogens (tertiary/aromatic N) is 2. The molecule has 2 aromatic carbocycles. The third-order valence-electron chi connectivity index (χ3n) is 3.68. The maximum absolute atomic E-state index is 5.89. The van der Waals surface area contributed by atoms with E-state index < -0.39 is 0 Å². The Bertz CT molecular complexity index is 944. The molecule has 0 aliphatic heterocycles. The van der Waals surface area contributed by atoms with Crippen molar-refractivity contribution in [2.24, 2.45) is 0 Å². The summed E-state index contributed by atoms with van der Waals surface area (Å²) in [6.45, 7) is 0. The third-order valence-corrected chi connectivity index (χ3v) is 3.68. The lowest BCUT2D eigenvalue weighted by Gasteiger charge is -2.02. The summed E-state index contributed by atoms with van der Waals surface area (Å²) >= 11 is 0. The van der Waals surface area contributed by atoms with Crippen LogP contribution in [0, 0.1) is 0 Å². The molecular formula is C19H14N2O2. The molecule has 0 bridgehead atoms. The zero-order chi connectivity index (χ0) is 15.6. The SMILES string of the molecule is COc1ccc(-c2ncc3cc(-c4ccccc4)oc3n2)cc1. The van der Waals surface area contributed by atoms with E-state index in [0.29, 0.717) is 11.5 Å². The molecule has 0 spiro atoms. The van der Waals surface area contributed by atoms with E-state index in [1.807, 2.05) is 60.7 Å². The van der Waals surface area contributed by atoms with Crippen molar-refractivity contribution in [3.05, 3.63) is 66.9 Å². The van der Waals surface area contributed by atoms with Crippen LogP contribution in [-0.2, 0) is 0 Å². The molecule has 0 atom stereocenters. The van der Waals surface area contributed by atoms with Gasteiger partial charge in [0.1, 0.15) is 11.5 Å². The molecule has 0 aliphatic carbocycles. The predicted molar refractivity (Wildman–Crippen MR) is 89.2 cm³/mol. The van der Waals surface area contributed by atoms with E-state index in [-0.39, 0.29) is 0 Å². The summed E-state index contributed by atoms with van der Waals surface area (Å²) in [5.74, 6) is 2.23. The van der Waals surface area contributed by atoms with Crippen molar-refractivity contribution < 1.29 is 9.15 Å². The Morgan fingerprint density at radius 3 is 2.43 bits per heavy atom. The summed E-state index contributed by atoms with van der Waals surface area (Å²) in [5, 5.41) is 0.890. The first-order valence-corrected chi connectivity index (χ1v) is 7.30. The molecule has 0 fully saturated rings. The minimum absolute atomic E-state index is 0.588. The van der Waals surface area contributed by atoms with Crippen LogP contribution in [0.15, 0.2) is 71.3 Å². The van der Waals surface area contributed by atoms with Crippen molar-refractivity contribution in [3.63, 3.8) is 0 Å². The Labute approximate surface area is 133 Å². The summed E-state index contributed by atoms with van der Waals surface area (Å²) in [7, 11) is 1.64. The largest absolute Gasteiger partial charge is 0.497 e. The molecule has 0 amide bonds. The second-order valence-corrected chi connectivity index (χ2v) is 5.16. The highest BCUT2D eigenvalue weighted by Gasteiger charge is 2.10. The normalized spacial score (nSPS) is 10.8. The summed E-state index contributed by atoms with van der Waals surface area (Å²) < 4.78 is 11.1. The monoisotopic (exact) mass is 302 g/mol. The highest BCUT2D eigenvalue weighted by Crippen LogP contribution is 2.28. The topological polar surface area (TPSA) is 48.2 Å². The molecule has 112 valence electrons. The van der Waals surface area contributed by atoms with Gasteiger partial charge in [0.2, 0.25) is 5.71 Å². The van der Waals surface area contributed by atoms with Crippen molar-refractivity contribution in [2.45, 2.75) is 0 Å². The zero-order valence-corrected chi connectivity index (χ0v) is 12.6. The Hall–Kier alpha value is -3.14. The second kappa shape index (κ2) is 5.57. The van der Waals surface area contributed by atoms with Crippen LogP contribution in [0.2, 0.25) is 0 Å². The zero-order valence-electron chi connectivity index (χ0n) is 12.6. The van der Waals surface area contributed by atoms with Gasteiger partial charge in [0.05, 0.1) is 12.5 Å². The summed E-state index contributed by atoms with van der Waals surface area (Å²) in [4.78, 5) is 8.96. The maximum atomic E-state index is 5.89. The fourth-order valence-corrected chi connectivity index (χ4v) is 2.45. The van der Waals surface area contributed by atoms with Crippen molar-refractivity contribution in [2.75, 3.05) is 7.11 Å². The van der Waals surface area contributed by atoms with Crippen LogP contribution >= 0.6 is 0 Å². The highest BCUT2D eigenvalue weighted by molar-refractivity contribution is 5.80. The average Bonchev–Trinajstić information content (AvgIpc) is 3.06. The lowest BCUT2D eigenvalue weighted by Crippen LogP contribution is -1.88. The smallest absolute Gasteiger partial charge is 0.230 e.